The Bertz CT molecular complexity index is 1010. The fourth-order valence-corrected chi connectivity index (χ4v) is 2.81. The molecule has 0 fully saturated rings. The van der Waals surface area contributed by atoms with Crippen LogP contribution >= 0.6 is 0 Å². The van der Waals surface area contributed by atoms with Crippen molar-refractivity contribution in [3.05, 3.63) is 47.8 Å². The highest BCUT2D eigenvalue weighted by Crippen LogP contribution is 2.29. The number of hydrogen-bond acceptors (Lipinski definition) is 5. The van der Waals surface area contributed by atoms with Crippen LogP contribution in [0.5, 0.6) is 5.88 Å². The molecule has 9 heteroatoms. The van der Waals surface area contributed by atoms with Crippen LogP contribution in [0.3, 0.4) is 0 Å². The molecule has 0 spiro atoms. The fraction of sp³-hybridized carbons (Fsp3) is 0.235. The number of nitrogens with one attached hydrogen (secondary N) is 1. The van der Waals surface area contributed by atoms with Crippen LogP contribution in [0.4, 0.5) is 18.9 Å². The quantitative estimate of drug-likeness (QED) is 0.778. The first kappa shape index (κ1) is 16.4. The van der Waals surface area contributed by atoms with E-state index in [1.165, 1.54) is 4.68 Å². The van der Waals surface area contributed by atoms with Gasteiger partial charge in [-0.15, -0.1) is 5.10 Å². The van der Waals surface area contributed by atoms with E-state index in [4.69, 9.17) is 4.74 Å². The Balaban J connectivity index is 1.60. The molecular formula is C17H14F3N5O. The van der Waals surface area contributed by atoms with Gasteiger partial charge in [0.05, 0.1) is 17.4 Å². The van der Waals surface area contributed by atoms with E-state index in [1.54, 1.807) is 31.4 Å². The average Bonchev–Trinajstić information content (AvgIpc) is 3.14. The van der Waals surface area contributed by atoms with E-state index < -0.39 is 12.8 Å². The van der Waals surface area contributed by atoms with E-state index >= 15 is 0 Å². The number of ether oxygens (including phenoxy) is 1. The number of fused-ring (bicyclic) bond motifs is 2. The molecule has 134 valence electrons. The predicted octanol–water partition coefficient (Wildman–Crippen LogP) is 3.28. The molecule has 2 aromatic heterocycles. The third-order valence-electron chi connectivity index (χ3n) is 3.98. The maximum Gasteiger partial charge on any atom is 0.422 e. The van der Waals surface area contributed by atoms with Gasteiger partial charge >= 0.3 is 6.18 Å². The zero-order chi connectivity index (χ0) is 18.3. The number of anilines is 1. The first-order valence-corrected chi connectivity index (χ1v) is 7.83. The molecular weight excluding hydrogens is 347 g/mol. The predicted molar refractivity (Wildman–Crippen MR) is 90.4 cm³/mol. The van der Waals surface area contributed by atoms with E-state index in [0.29, 0.717) is 23.3 Å². The molecule has 3 heterocycles. The number of amidine groups is 1. The maximum absolute atomic E-state index is 12.4. The standard InChI is InChI=1S/C17H14F3N5O/c1-25-13-7-11(23-15-14-10(8-22-15)3-2-6-21-14)4-5-12(13)16(24-25)26-9-17(18,19)20/h2-7H,8-9H2,1H3,(H,22,23). The SMILES string of the molecule is Cn1nc(OCC(F)(F)F)c2ccc(NC3=NCc4cccnc43)cc21. The molecule has 1 aliphatic heterocycles. The second-order valence-corrected chi connectivity index (χ2v) is 5.87. The smallest absolute Gasteiger partial charge is 0.422 e. The summed E-state index contributed by atoms with van der Waals surface area (Å²) in [5.41, 5.74) is 3.22. The number of hydrogen-bond donors (Lipinski definition) is 1. The van der Waals surface area contributed by atoms with E-state index in [-0.39, 0.29) is 5.88 Å². The summed E-state index contributed by atoms with van der Waals surface area (Å²) in [5, 5.41) is 7.74. The van der Waals surface area contributed by atoms with Crippen LogP contribution in [-0.2, 0) is 13.6 Å². The van der Waals surface area contributed by atoms with Crippen molar-refractivity contribution < 1.29 is 17.9 Å². The second kappa shape index (κ2) is 6.01. The number of pyridine rings is 1. The summed E-state index contributed by atoms with van der Waals surface area (Å²) in [4.78, 5) is 8.76. The van der Waals surface area contributed by atoms with Crippen LogP contribution in [0.25, 0.3) is 10.9 Å². The Morgan fingerprint density at radius 3 is 2.92 bits per heavy atom. The highest BCUT2D eigenvalue weighted by molar-refractivity contribution is 6.09. The molecule has 0 radical (unpaired) electrons. The molecule has 0 amide bonds. The number of aryl methyl sites for hydroxylation is 1. The summed E-state index contributed by atoms with van der Waals surface area (Å²) in [6.07, 6.45) is -2.71. The van der Waals surface area contributed by atoms with Crippen LogP contribution in [0, 0.1) is 0 Å². The molecule has 0 atom stereocenters. The Hall–Kier alpha value is -3.10. The molecule has 0 bridgehead atoms. The lowest BCUT2D eigenvalue weighted by Crippen LogP contribution is -2.19. The van der Waals surface area contributed by atoms with Crippen LogP contribution in [0.15, 0.2) is 41.5 Å². The first-order chi connectivity index (χ1) is 12.4. The number of rotatable bonds is 3. The molecule has 1 aromatic carbocycles. The molecule has 1 N–H and O–H groups in total. The van der Waals surface area contributed by atoms with Crippen LogP contribution in [-0.4, -0.2) is 33.4 Å². The topological polar surface area (TPSA) is 64.3 Å². The van der Waals surface area contributed by atoms with Crippen molar-refractivity contribution >= 4 is 22.4 Å². The minimum absolute atomic E-state index is 0.0448. The van der Waals surface area contributed by atoms with Crippen molar-refractivity contribution in [3.63, 3.8) is 0 Å². The van der Waals surface area contributed by atoms with Gasteiger partial charge in [-0.25, -0.2) is 0 Å². The van der Waals surface area contributed by atoms with Gasteiger partial charge in [0, 0.05) is 24.5 Å². The Morgan fingerprint density at radius 2 is 2.12 bits per heavy atom. The van der Waals surface area contributed by atoms with Gasteiger partial charge in [-0.2, -0.15) is 13.2 Å². The number of benzene rings is 1. The molecule has 26 heavy (non-hydrogen) atoms. The van der Waals surface area contributed by atoms with E-state index in [2.05, 4.69) is 20.4 Å². The van der Waals surface area contributed by atoms with Gasteiger partial charge in [-0.1, -0.05) is 6.07 Å². The lowest BCUT2D eigenvalue weighted by Gasteiger charge is -2.08. The third kappa shape index (κ3) is 3.07. The second-order valence-electron chi connectivity index (χ2n) is 5.87. The van der Waals surface area contributed by atoms with Gasteiger partial charge in [-0.3, -0.25) is 14.7 Å². The van der Waals surface area contributed by atoms with E-state index in [0.717, 1.165) is 16.9 Å². The first-order valence-electron chi connectivity index (χ1n) is 7.83. The largest absolute Gasteiger partial charge is 0.467 e. The van der Waals surface area contributed by atoms with Crippen LogP contribution in [0.2, 0.25) is 0 Å². The normalized spacial score (nSPS) is 13.6. The van der Waals surface area contributed by atoms with Gasteiger partial charge in [0.15, 0.2) is 12.4 Å². The van der Waals surface area contributed by atoms with Crippen molar-refractivity contribution in [1.82, 2.24) is 14.8 Å². The summed E-state index contributed by atoms with van der Waals surface area (Å²) in [7, 11) is 1.65. The minimum Gasteiger partial charge on any atom is -0.467 e. The highest BCUT2D eigenvalue weighted by atomic mass is 19.4. The molecule has 0 unspecified atom stereocenters. The molecule has 1 aliphatic rings. The van der Waals surface area contributed by atoms with Gasteiger partial charge in [0.25, 0.3) is 0 Å². The zero-order valence-electron chi connectivity index (χ0n) is 13.7. The Kier molecular flexibility index (Phi) is 3.78. The van der Waals surface area contributed by atoms with Gasteiger partial charge < -0.3 is 10.1 Å². The summed E-state index contributed by atoms with van der Waals surface area (Å²) in [6.45, 7) is -0.812. The summed E-state index contributed by atoms with van der Waals surface area (Å²) >= 11 is 0. The van der Waals surface area contributed by atoms with Crippen molar-refractivity contribution in [2.45, 2.75) is 12.7 Å². The molecule has 0 saturated heterocycles. The van der Waals surface area contributed by atoms with Crippen LogP contribution < -0.4 is 10.1 Å². The molecule has 0 saturated carbocycles. The van der Waals surface area contributed by atoms with Crippen molar-refractivity contribution in [3.8, 4) is 5.88 Å². The number of aliphatic imine (C=N–C) groups is 1. The number of alkyl halides is 3. The summed E-state index contributed by atoms with van der Waals surface area (Å²) < 4.78 is 43.4. The Morgan fingerprint density at radius 1 is 1.27 bits per heavy atom. The molecule has 3 aromatic rings. The van der Waals surface area contributed by atoms with Crippen molar-refractivity contribution in [2.75, 3.05) is 11.9 Å². The maximum atomic E-state index is 12.4. The van der Waals surface area contributed by atoms with Crippen molar-refractivity contribution in [1.29, 1.82) is 0 Å². The Labute approximate surface area is 146 Å². The van der Waals surface area contributed by atoms with Gasteiger partial charge in [0.1, 0.15) is 5.69 Å². The van der Waals surface area contributed by atoms with E-state index in [1.807, 2.05) is 12.1 Å². The average molecular weight is 361 g/mol. The summed E-state index contributed by atoms with van der Waals surface area (Å²) in [5.74, 6) is 0.618. The molecule has 4 rings (SSSR count). The van der Waals surface area contributed by atoms with Gasteiger partial charge in [-0.05, 0) is 24.3 Å². The monoisotopic (exact) mass is 361 g/mol. The minimum atomic E-state index is -4.41. The van der Waals surface area contributed by atoms with E-state index in [9.17, 15) is 13.2 Å². The third-order valence-corrected chi connectivity index (χ3v) is 3.98. The number of aromatic nitrogens is 3. The number of nitrogens with zero attached hydrogens (tertiary/aromatic N) is 4. The highest BCUT2D eigenvalue weighted by Gasteiger charge is 2.29. The molecule has 0 aliphatic carbocycles. The van der Waals surface area contributed by atoms with Crippen molar-refractivity contribution in [2.24, 2.45) is 12.0 Å². The molecule has 6 nitrogen and oxygen atoms in total. The lowest BCUT2D eigenvalue weighted by molar-refractivity contribution is -0.153. The van der Waals surface area contributed by atoms with Gasteiger partial charge in [0.2, 0.25) is 5.88 Å². The van der Waals surface area contributed by atoms with Crippen LogP contribution in [0.1, 0.15) is 11.3 Å². The lowest BCUT2D eigenvalue weighted by atomic mass is 10.2. The fourth-order valence-electron chi connectivity index (χ4n) is 2.81. The number of halogens is 3. The zero-order valence-corrected chi connectivity index (χ0v) is 13.7. The summed E-state index contributed by atoms with van der Waals surface area (Å²) in [6, 6.07) is 9.03.